The first-order valence-electron chi connectivity index (χ1n) is 5.59. The van der Waals surface area contributed by atoms with E-state index in [0.717, 1.165) is 22.3 Å². The van der Waals surface area contributed by atoms with Crippen molar-refractivity contribution < 1.29 is 4.74 Å². The van der Waals surface area contributed by atoms with Crippen LogP contribution in [-0.4, -0.2) is 11.1 Å². The molecule has 3 N–H and O–H groups in total. The summed E-state index contributed by atoms with van der Waals surface area (Å²) in [5, 5.41) is 1.16. The van der Waals surface area contributed by atoms with Gasteiger partial charge in [-0.05, 0) is 44.5 Å². The maximum absolute atomic E-state index is 5.75. The Balaban J connectivity index is 2.50. The van der Waals surface area contributed by atoms with Crippen molar-refractivity contribution in [3.63, 3.8) is 0 Å². The number of nitrogens with two attached hydrogens (primary N) is 1. The highest BCUT2D eigenvalue weighted by Crippen LogP contribution is 2.26. The van der Waals surface area contributed by atoms with E-state index in [-0.39, 0.29) is 6.10 Å². The molecule has 0 bridgehead atoms. The minimum absolute atomic E-state index is 0.193. The van der Waals surface area contributed by atoms with Gasteiger partial charge in [-0.1, -0.05) is 0 Å². The second kappa shape index (κ2) is 4.18. The molecule has 2 rings (SSSR count). The van der Waals surface area contributed by atoms with Crippen LogP contribution in [0.3, 0.4) is 0 Å². The molecule has 2 aromatic rings. The van der Waals surface area contributed by atoms with Gasteiger partial charge in [0.15, 0.2) is 0 Å². The lowest BCUT2D eigenvalue weighted by molar-refractivity contribution is 0.243. The number of H-pyrrole nitrogens is 1. The fraction of sp³-hybridized carbons (Fsp3) is 0.385. The van der Waals surface area contributed by atoms with Gasteiger partial charge in [-0.25, -0.2) is 0 Å². The van der Waals surface area contributed by atoms with Crippen molar-refractivity contribution in [1.82, 2.24) is 4.98 Å². The van der Waals surface area contributed by atoms with Crippen molar-refractivity contribution in [1.29, 1.82) is 0 Å². The molecule has 16 heavy (non-hydrogen) atoms. The van der Waals surface area contributed by atoms with E-state index in [1.807, 2.05) is 32.9 Å². The van der Waals surface area contributed by atoms with Crippen LogP contribution in [0.15, 0.2) is 18.2 Å². The van der Waals surface area contributed by atoms with Gasteiger partial charge in [-0.2, -0.15) is 0 Å². The van der Waals surface area contributed by atoms with Gasteiger partial charge in [0.25, 0.3) is 0 Å². The fourth-order valence-corrected chi connectivity index (χ4v) is 1.97. The molecule has 0 aliphatic rings. The van der Waals surface area contributed by atoms with Gasteiger partial charge in [0, 0.05) is 23.1 Å². The lowest BCUT2D eigenvalue weighted by Gasteiger charge is -2.09. The van der Waals surface area contributed by atoms with E-state index >= 15 is 0 Å². The first-order valence-corrected chi connectivity index (χ1v) is 5.59. The summed E-state index contributed by atoms with van der Waals surface area (Å²) < 4.78 is 5.68. The maximum atomic E-state index is 5.75. The van der Waals surface area contributed by atoms with E-state index in [9.17, 15) is 0 Å². The normalized spacial score (nSPS) is 11.3. The summed E-state index contributed by atoms with van der Waals surface area (Å²) in [5.41, 5.74) is 9.18. The van der Waals surface area contributed by atoms with E-state index in [0.29, 0.717) is 6.54 Å². The summed E-state index contributed by atoms with van der Waals surface area (Å²) in [4.78, 5) is 3.32. The third-order valence-corrected chi connectivity index (χ3v) is 2.67. The van der Waals surface area contributed by atoms with Crippen molar-refractivity contribution in [3.05, 3.63) is 29.5 Å². The summed E-state index contributed by atoms with van der Waals surface area (Å²) in [6.07, 6.45) is 0.193. The Morgan fingerprint density at radius 1 is 1.38 bits per heavy atom. The molecule has 0 aliphatic heterocycles. The van der Waals surface area contributed by atoms with E-state index in [1.54, 1.807) is 0 Å². The van der Waals surface area contributed by atoms with Gasteiger partial charge in [-0.3, -0.25) is 0 Å². The lowest BCUT2D eigenvalue weighted by atomic mass is 10.1. The molecule has 1 heterocycles. The highest BCUT2D eigenvalue weighted by molar-refractivity contribution is 5.85. The largest absolute Gasteiger partial charge is 0.491 e. The highest BCUT2D eigenvalue weighted by Gasteiger charge is 2.08. The Hall–Kier alpha value is -1.48. The number of aromatic amines is 1. The molecule has 0 amide bonds. The van der Waals surface area contributed by atoms with Gasteiger partial charge >= 0.3 is 0 Å². The molecular weight excluding hydrogens is 200 g/mol. The predicted molar refractivity (Wildman–Crippen MR) is 66.7 cm³/mol. The zero-order valence-electron chi connectivity index (χ0n) is 10.0. The second-order valence-corrected chi connectivity index (χ2v) is 4.31. The zero-order valence-corrected chi connectivity index (χ0v) is 10.0. The molecule has 0 atom stereocenters. The Morgan fingerprint density at radius 2 is 2.12 bits per heavy atom. The molecule has 86 valence electrons. The van der Waals surface area contributed by atoms with Crippen molar-refractivity contribution in [2.24, 2.45) is 5.73 Å². The number of rotatable bonds is 3. The summed E-state index contributed by atoms with van der Waals surface area (Å²) in [6, 6.07) is 6.08. The number of aryl methyl sites for hydroxylation is 1. The molecule has 3 heteroatoms. The van der Waals surface area contributed by atoms with Gasteiger partial charge in [0.1, 0.15) is 5.75 Å². The molecular formula is C13H18N2O. The third kappa shape index (κ3) is 1.91. The number of hydrogen-bond acceptors (Lipinski definition) is 2. The first kappa shape index (κ1) is 11.0. The van der Waals surface area contributed by atoms with Crippen molar-refractivity contribution >= 4 is 10.9 Å². The minimum atomic E-state index is 0.193. The van der Waals surface area contributed by atoms with Crippen molar-refractivity contribution in [2.45, 2.75) is 33.4 Å². The number of aromatic nitrogens is 1. The van der Waals surface area contributed by atoms with Crippen LogP contribution in [0.4, 0.5) is 0 Å². The zero-order chi connectivity index (χ0) is 11.7. The Labute approximate surface area is 95.6 Å². The van der Waals surface area contributed by atoms with Gasteiger partial charge in [-0.15, -0.1) is 0 Å². The Kier molecular flexibility index (Phi) is 2.88. The molecule has 3 nitrogen and oxygen atoms in total. The van der Waals surface area contributed by atoms with Gasteiger partial charge in [0.2, 0.25) is 0 Å². The smallest absolute Gasteiger partial charge is 0.120 e. The van der Waals surface area contributed by atoms with Crippen LogP contribution in [0.1, 0.15) is 25.1 Å². The van der Waals surface area contributed by atoms with Gasteiger partial charge < -0.3 is 15.5 Å². The Bertz CT molecular complexity index is 500. The third-order valence-electron chi connectivity index (χ3n) is 2.67. The highest BCUT2D eigenvalue weighted by atomic mass is 16.5. The summed E-state index contributed by atoms with van der Waals surface area (Å²) >= 11 is 0. The molecule has 0 radical (unpaired) electrons. The molecule has 0 aliphatic carbocycles. The minimum Gasteiger partial charge on any atom is -0.491 e. The molecule has 1 aromatic carbocycles. The molecule has 0 unspecified atom stereocenters. The number of nitrogens with one attached hydrogen (secondary N) is 1. The van der Waals surface area contributed by atoms with Crippen LogP contribution >= 0.6 is 0 Å². The second-order valence-electron chi connectivity index (χ2n) is 4.31. The van der Waals surface area contributed by atoms with Crippen LogP contribution in [0.5, 0.6) is 5.75 Å². The summed E-state index contributed by atoms with van der Waals surface area (Å²) in [6.45, 7) is 6.65. The summed E-state index contributed by atoms with van der Waals surface area (Å²) in [5.74, 6) is 0.899. The monoisotopic (exact) mass is 218 g/mol. The topological polar surface area (TPSA) is 51.0 Å². The average molecular weight is 218 g/mol. The van der Waals surface area contributed by atoms with Crippen molar-refractivity contribution in [2.75, 3.05) is 0 Å². The number of fused-ring (bicyclic) bond motifs is 1. The molecule has 0 fully saturated rings. The quantitative estimate of drug-likeness (QED) is 0.832. The fourth-order valence-electron chi connectivity index (χ4n) is 1.97. The number of ether oxygens (including phenoxy) is 1. The SMILES string of the molecule is Cc1[nH]c2ccc(OC(C)C)cc2c1CN. The van der Waals surface area contributed by atoms with E-state index in [4.69, 9.17) is 10.5 Å². The van der Waals surface area contributed by atoms with E-state index in [1.165, 1.54) is 5.56 Å². The molecule has 0 saturated carbocycles. The van der Waals surface area contributed by atoms with Gasteiger partial charge in [0.05, 0.1) is 6.10 Å². The number of hydrogen-bond donors (Lipinski definition) is 2. The molecule has 0 spiro atoms. The first-order chi connectivity index (χ1) is 7.61. The van der Waals surface area contributed by atoms with Crippen LogP contribution < -0.4 is 10.5 Å². The Morgan fingerprint density at radius 3 is 2.75 bits per heavy atom. The summed E-state index contributed by atoms with van der Waals surface area (Å²) in [7, 11) is 0. The van der Waals surface area contributed by atoms with Crippen molar-refractivity contribution in [3.8, 4) is 5.75 Å². The van der Waals surface area contributed by atoms with Crippen LogP contribution in [0.2, 0.25) is 0 Å². The van der Waals surface area contributed by atoms with Crippen LogP contribution in [0.25, 0.3) is 10.9 Å². The number of benzene rings is 1. The predicted octanol–water partition coefficient (Wildman–Crippen LogP) is 2.72. The van der Waals surface area contributed by atoms with E-state index in [2.05, 4.69) is 11.1 Å². The van der Waals surface area contributed by atoms with Crippen LogP contribution in [0, 0.1) is 6.92 Å². The van der Waals surface area contributed by atoms with E-state index < -0.39 is 0 Å². The lowest BCUT2D eigenvalue weighted by Crippen LogP contribution is -2.05. The maximum Gasteiger partial charge on any atom is 0.120 e. The molecule has 1 aromatic heterocycles. The standard InChI is InChI=1S/C13H18N2O/c1-8(2)16-10-4-5-13-11(6-10)12(7-14)9(3)15-13/h4-6,8,15H,7,14H2,1-3H3. The average Bonchev–Trinajstić information content (AvgIpc) is 2.52. The van der Waals surface area contributed by atoms with Crippen LogP contribution in [-0.2, 0) is 6.54 Å². The molecule has 0 saturated heterocycles.